The van der Waals surface area contributed by atoms with Gasteiger partial charge in [-0.25, -0.2) is 9.97 Å². The van der Waals surface area contributed by atoms with Gasteiger partial charge in [0, 0.05) is 18.4 Å². The smallest absolute Gasteiger partial charge is 0.316 e. The summed E-state index contributed by atoms with van der Waals surface area (Å²) in [6.07, 6.45) is 5.51. The molecule has 6 heteroatoms. The summed E-state index contributed by atoms with van der Waals surface area (Å²) in [6, 6.07) is 11.2. The first-order valence-electron chi connectivity index (χ1n) is 8.19. The number of aliphatic hydroxyl groups is 1. The van der Waals surface area contributed by atoms with E-state index < -0.39 is 6.10 Å². The molecule has 0 bridgehead atoms. The van der Waals surface area contributed by atoms with Gasteiger partial charge >= 0.3 is 6.01 Å². The zero-order chi connectivity index (χ0) is 16.8. The molecule has 0 spiro atoms. The third kappa shape index (κ3) is 4.29. The number of carbonyl (C=O) groups excluding carboxylic acids is 1. The van der Waals surface area contributed by atoms with Crippen LogP contribution < -0.4 is 10.1 Å². The van der Waals surface area contributed by atoms with Gasteiger partial charge < -0.3 is 15.2 Å². The number of nitrogens with one attached hydrogen (secondary N) is 1. The van der Waals surface area contributed by atoms with Crippen molar-refractivity contribution in [2.24, 2.45) is 0 Å². The largest absolute Gasteiger partial charge is 0.460 e. The highest BCUT2D eigenvalue weighted by Crippen LogP contribution is 2.23. The lowest BCUT2D eigenvalue weighted by Gasteiger charge is -2.29. The Hall–Kier alpha value is -2.47. The Morgan fingerprint density at radius 2 is 1.75 bits per heavy atom. The van der Waals surface area contributed by atoms with E-state index in [1.807, 2.05) is 6.07 Å². The van der Waals surface area contributed by atoms with Crippen molar-refractivity contribution in [3.05, 3.63) is 54.4 Å². The van der Waals surface area contributed by atoms with E-state index in [0.717, 1.165) is 25.7 Å². The highest BCUT2D eigenvalue weighted by molar-refractivity contribution is 5.82. The van der Waals surface area contributed by atoms with Gasteiger partial charge in [-0.3, -0.25) is 4.79 Å². The van der Waals surface area contributed by atoms with Crippen molar-refractivity contribution in [2.75, 3.05) is 0 Å². The molecule has 3 rings (SSSR count). The summed E-state index contributed by atoms with van der Waals surface area (Å²) in [4.78, 5) is 20.3. The Labute approximate surface area is 140 Å². The highest BCUT2D eigenvalue weighted by Gasteiger charge is 2.26. The first-order valence-corrected chi connectivity index (χ1v) is 8.19. The van der Waals surface area contributed by atoms with Crippen LogP contribution in [0, 0.1) is 0 Å². The van der Waals surface area contributed by atoms with Gasteiger partial charge in [0.25, 0.3) is 5.91 Å². The van der Waals surface area contributed by atoms with Crippen LogP contribution in [0.4, 0.5) is 0 Å². The lowest BCUT2D eigenvalue weighted by Crippen LogP contribution is -2.41. The minimum Gasteiger partial charge on any atom is -0.460 e. The molecule has 1 aromatic heterocycles. The molecular weight excluding hydrogens is 306 g/mol. The van der Waals surface area contributed by atoms with E-state index in [2.05, 4.69) is 15.3 Å². The molecule has 0 saturated heterocycles. The van der Waals surface area contributed by atoms with Crippen molar-refractivity contribution in [1.29, 1.82) is 0 Å². The number of aromatic nitrogens is 2. The molecule has 1 heterocycles. The summed E-state index contributed by atoms with van der Waals surface area (Å²) in [7, 11) is 0. The van der Waals surface area contributed by atoms with Crippen LogP contribution in [0.5, 0.6) is 6.01 Å². The Balaban J connectivity index is 1.46. The van der Waals surface area contributed by atoms with E-state index in [1.165, 1.54) is 0 Å². The van der Waals surface area contributed by atoms with Crippen LogP contribution in [0.25, 0.3) is 0 Å². The van der Waals surface area contributed by atoms with Crippen molar-refractivity contribution in [3.8, 4) is 6.01 Å². The maximum absolute atomic E-state index is 12.2. The normalized spacial score (nSPS) is 21.7. The SMILES string of the molecule is O=C(NC1CCC(Oc2ncccn2)CC1)[C@H](O)c1ccccc1. The number of hydrogen-bond donors (Lipinski definition) is 2. The fraction of sp³-hybridized carbons (Fsp3) is 0.389. The molecule has 24 heavy (non-hydrogen) atoms. The monoisotopic (exact) mass is 327 g/mol. The average molecular weight is 327 g/mol. The Morgan fingerprint density at radius 1 is 1.08 bits per heavy atom. The number of benzene rings is 1. The van der Waals surface area contributed by atoms with E-state index in [4.69, 9.17) is 4.74 Å². The lowest BCUT2D eigenvalue weighted by atomic mass is 9.92. The zero-order valence-corrected chi connectivity index (χ0v) is 13.3. The van der Waals surface area contributed by atoms with Crippen molar-refractivity contribution < 1.29 is 14.6 Å². The quantitative estimate of drug-likeness (QED) is 0.877. The predicted octanol–water partition coefficient (Wildman–Crippen LogP) is 2.02. The number of ether oxygens (including phenoxy) is 1. The fourth-order valence-corrected chi connectivity index (χ4v) is 2.89. The van der Waals surface area contributed by atoms with Crippen LogP contribution in [0.2, 0.25) is 0 Å². The Kier molecular flexibility index (Phi) is 5.38. The number of amides is 1. The second-order valence-corrected chi connectivity index (χ2v) is 5.94. The molecule has 1 fully saturated rings. The Bertz CT molecular complexity index is 643. The number of rotatable bonds is 5. The maximum Gasteiger partial charge on any atom is 0.316 e. The van der Waals surface area contributed by atoms with Gasteiger partial charge in [-0.1, -0.05) is 30.3 Å². The molecule has 1 aromatic carbocycles. The van der Waals surface area contributed by atoms with E-state index in [1.54, 1.807) is 42.7 Å². The summed E-state index contributed by atoms with van der Waals surface area (Å²) in [5, 5.41) is 13.0. The third-order valence-corrected chi connectivity index (χ3v) is 4.20. The van der Waals surface area contributed by atoms with Gasteiger partial charge in [-0.2, -0.15) is 0 Å². The maximum atomic E-state index is 12.2. The van der Waals surface area contributed by atoms with Crippen molar-refractivity contribution in [1.82, 2.24) is 15.3 Å². The second-order valence-electron chi connectivity index (χ2n) is 5.94. The fourth-order valence-electron chi connectivity index (χ4n) is 2.89. The molecule has 2 N–H and O–H groups in total. The number of hydrogen-bond acceptors (Lipinski definition) is 5. The second kappa shape index (κ2) is 7.88. The summed E-state index contributed by atoms with van der Waals surface area (Å²) >= 11 is 0. The molecule has 2 aromatic rings. The zero-order valence-electron chi connectivity index (χ0n) is 13.3. The van der Waals surface area contributed by atoms with Gasteiger partial charge in [0.1, 0.15) is 6.10 Å². The molecule has 1 amide bonds. The highest BCUT2D eigenvalue weighted by atomic mass is 16.5. The first-order chi connectivity index (χ1) is 11.7. The number of aliphatic hydroxyl groups excluding tert-OH is 1. The third-order valence-electron chi connectivity index (χ3n) is 4.20. The molecule has 0 unspecified atom stereocenters. The minimum atomic E-state index is -1.13. The van der Waals surface area contributed by atoms with Gasteiger partial charge in [0.15, 0.2) is 6.10 Å². The molecular formula is C18H21N3O3. The predicted molar refractivity (Wildman–Crippen MR) is 88.2 cm³/mol. The van der Waals surface area contributed by atoms with Crippen molar-refractivity contribution in [3.63, 3.8) is 0 Å². The van der Waals surface area contributed by atoms with Crippen molar-refractivity contribution >= 4 is 5.91 Å². The van der Waals surface area contributed by atoms with E-state index >= 15 is 0 Å². The summed E-state index contributed by atoms with van der Waals surface area (Å²) in [5.41, 5.74) is 0.605. The van der Waals surface area contributed by atoms with Gasteiger partial charge in [-0.05, 0) is 37.3 Å². The summed E-state index contributed by atoms with van der Waals surface area (Å²) in [5.74, 6) is -0.350. The molecule has 1 aliphatic carbocycles. The Morgan fingerprint density at radius 3 is 2.42 bits per heavy atom. The van der Waals surface area contributed by atoms with Crippen LogP contribution in [0.3, 0.4) is 0 Å². The lowest BCUT2D eigenvalue weighted by molar-refractivity contribution is -0.130. The molecule has 1 aliphatic rings. The van der Waals surface area contributed by atoms with E-state index in [-0.39, 0.29) is 18.1 Å². The molecule has 0 aliphatic heterocycles. The topological polar surface area (TPSA) is 84.3 Å². The molecule has 1 saturated carbocycles. The number of nitrogens with zero attached hydrogens (tertiary/aromatic N) is 2. The molecule has 1 atom stereocenters. The number of carbonyl (C=O) groups is 1. The van der Waals surface area contributed by atoms with Crippen molar-refractivity contribution in [2.45, 2.75) is 43.9 Å². The van der Waals surface area contributed by atoms with Crippen LogP contribution in [0.1, 0.15) is 37.4 Å². The van der Waals surface area contributed by atoms with Gasteiger partial charge in [-0.15, -0.1) is 0 Å². The molecule has 6 nitrogen and oxygen atoms in total. The molecule has 0 radical (unpaired) electrons. The van der Waals surface area contributed by atoms with E-state index in [9.17, 15) is 9.90 Å². The van der Waals surface area contributed by atoms with Crippen LogP contribution in [-0.4, -0.2) is 33.1 Å². The van der Waals surface area contributed by atoms with Crippen LogP contribution in [0.15, 0.2) is 48.8 Å². The average Bonchev–Trinajstić information content (AvgIpc) is 2.64. The standard InChI is InChI=1S/C18H21N3O3/c22-16(13-5-2-1-3-6-13)17(23)21-14-7-9-15(10-8-14)24-18-19-11-4-12-20-18/h1-6,11-12,14-16,22H,7-10H2,(H,21,23)/t14?,15?,16-/m1/s1. The summed E-state index contributed by atoms with van der Waals surface area (Å²) < 4.78 is 5.74. The van der Waals surface area contributed by atoms with Crippen LogP contribution in [-0.2, 0) is 4.79 Å². The molecule has 126 valence electrons. The first kappa shape index (κ1) is 16.4. The van der Waals surface area contributed by atoms with Gasteiger partial charge in [0.2, 0.25) is 0 Å². The van der Waals surface area contributed by atoms with E-state index in [0.29, 0.717) is 11.6 Å². The van der Waals surface area contributed by atoms with Crippen LogP contribution >= 0.6 is 0 Å². The summed E-state index contributed by atoms with van der Waals surface area (Å²) in [6.45, 7) is 0. The minimum absolute atomic E-state index is 0.0624. The van der Waals surface area contributed by atoms with Gasteiger partial charge in [0.05, 0.1) is 0 Å².